The molecule has 1 aliphatic carbocycles. The number of hydrogen-bond acceptors (Lipinski definition) is 7. The number of para-hydroxylation sites is 3. The quantitative estimate of drug-likeness (QED) is 0.0801. The summed E-state index contributed by atoms with van der Waals surface area (Å²) in [5.74, 6) is 0.766. The van der Waals surface area contributed by atoms with Crippen LogP contribution in [-0.4, -0.2) is 26.9 Å². The SMILES string of the molecule is C=C1C(c2ccc3c(c2)c2ccccc2n3-c2c(-c3ccccc3)cccc2-c2ccccc2)=CC=C(N(c2ccc(-c3c(C)cc(C)cc3C)cc2)c2ccc(-c3c(C)cc(Cc4cccc(-c5ccc(N(c6ccccc6)c6ccc(-c7ccc8c(c7)c7cc([ClH+])ccc7n8-c7ccc(C#N)cc7)c7c6=NSCC=7)cc5)c4)cc3C)cc2)C1=NSC. The Hall–Kier alpha value is -14.2. The zero-order valence-electron chi connectivity index (χ0n) is 69.1. The van der Waals surface area contributed by atoms with Crippen LogP contribution in [0.1, 0.15) is 50.1 Å². The Kier molecular flexibility index (Phi) is 20.6. The molecule has 0 N–H and O–H groups in total. The van der Waals surface area contributed by atoms with E-state index in [1.165, 1.54) is 73.0 Å². The molecule has 7 nitrogen and oxygen atoms in total. The van der Waals surface area contributed by atoms with Gasteiger partial charge in [0.1, 0.15) is 11.1 Å². The van der Waals surface area contributed by atoms with Gasteiger partial charge in [-0.25, -0.2) is 8.80 Å². The molecule has 0 saturated heterocycles. The second-order valence-electron chi connectivity index (χ2n) is 32.0. The van der Waals surface area contributed by atoms with E-state index < -0.39 is 0 Å². The van der Waals surface area contributed by atoms with Crippen LogP contribution in [0.3, 0.4) is 0 Å². The molecule has 10 heteroatoms. The zero-order valence-corrected chi connectivity index (χ0v) is 71.6. The largest absolute Gasteiger partial charge is 0.309 e. The molecule has 0 fully saturated rings. The maximum atomic E-state index is 9.61. The number of nitriles is 1. The van der Waals surface area contributed by atoms with Crippen molar-refractivity contribution in [3.8, 4) is 84.2 Å². The van der Waals surface area contributed by atoms with Gasteiger partial charge in [0.05, 0.1) is 50.8 Å². The molecular weight excluding hydrogens is 1550 g/mol. The second kappa shape index (κ2) is 32.7. The Bertz CT molecular complexity index is 7460. The molecule has 123 heavy (non-hydrogen) atoms. The van der Waals surface area contributed by atoms with Crippen molar-refractivity contribution in [1.82, 2.24) is 9.13 Å². The van der Waals surface area contributed by atoms with Gasteiger partial charge >= 0.3 is 0 Å². The molecule has 18 aromatic rings. The predicted molar refractivity (Wildman–Crippen MR) is 519 cm³/mol. The van der Waals surface area contributed by atoms with E-state index in [1.807, 2.05) is 36.6 Å². The van der Waals surface area contributed by atoms with E-state index >= 15 is 0 Å². The third kappa shape index (κ3) is 14.4. The first-order valence-electron chi connectivity index (χ1n) is 41.6. The lowest BCUT2D eigenvalue weighted by atomic mass is 9.88. The molecule has 2 aliphatic rings. The molecule has 0 amide bonds. The summed E-state index contributed by atoms with van der Waals surface area (Å²) in [7, 11) is 0. The van der Waals surface area contributed by atoms with Crippen molar-refractivity contribution in [3.63, 3.8) is 0 Å². The van der Waals surface area contributed by atoms with Gasteiger partial charge < -0.3 is 18.9 Å². The van der Waals surface area contributed by atoms with Crippen molar-refractivity contribution < 1.29 is 11.6 Å². The van der Waals surface area contributed by atoms with Crippen molar-refractivity contribution >= 4 is 113 Å². The molecule has 1 aliphatic heterocycles. The first-order chi connectivity index (χ1) is 60.3. The van der Waals surface area contributed by atoms with Crippen LogP contribution >= 0.6 is 23.9 Å². The summed E-state index contributed by atoms with van der Waals surface area (Å²) in [5.41, 5.74) is 39.7. The monoisotopic (exact) mass is 1640 g/mol. The number of rotatable bonds is 18. The second-order valence-corrected chi connectivity index (χ2v) is 33.8. The first-order valence-corrected chi connectivity index (χ1v) is 44.2. The number of halogens is 1. The highest BCUT2D eigenvalue weighted by atomic mass is 35.5. The maximum Gasteiger partial charge on any atom is 0.226 e. The minimum absolute atomic E-state index is 0.624. The van der Waals surface area contributed by atoms with Crippen molar-refractivity contribution in [2.45, 2.75) is 41.0 Å². The molecule has 3 heterocycles. The highest BCUT2D eigenvalue weighted by molar-refractivity contribution is 7.98. The van der Waals surface area contributed by atoms with E-state index in [-0.39, 0.29) is 0 Å². The van der Waals surface area contributed by atoms with Crippen LogP contribution in [0.2, 0.25) is 5.02 Å². The standard InChI is InChI=1S/C113H85ClN7S2/c1-71-61-72(2)109(73(3)62-71)83-37-48-91(49-38-83)119(107-57-52-94(76(6)111(107)116-122-7)86-41-55-106-100(67-86)98-29-17-18-32-103(98)121(106)113-96(81-22-11-8-12-23-81)30-20-31-97(113)82-24-13-9-14-25-82)92-50-39-84(40-51-92)110-74(4)63-79(64-75(110)5)65-78-21-19-26-85(66-78)80-35-46-90(47-36-80)118(89-27-15-10-16-28-89)108-58-53-95(99-59-60-123-117-112(99)108)87-42-54-104-101(68-87)102-69-88(114)43-56-105(102)120(104)93-44-33-77(70-115)34-45-93/h8-59,61-64,66-69,114H,6,60,65H2,1-5,7H3/q+1. The van der Waals surface area contributed by atoms with Crippen LogP contribution in [0.15, 0.2) is 385 Å². The fraction of sp³-hybridized carbons (Fsp3) is 0.0708. The van der Waals surface area contributed by atoms with E-state index in [0.717, 1.165) is 184 Å². The van der Waals surface area contributed by atoms with Crippen molar-refractivity contribution in [2.75, 3.05) is 21.8 Å². The minimum Gasteiger partial charge on any atom is -0.309 e. The molecule has 0 saturated carbocycles. The molecule has 0 unspecified atom stereocenters. The van der Waals surface area contributed by atoms with Crippen LogP contribution in [0, 0.1) is 57.6 Å². The molecule has 20 rings (SSSR count). The van der Waals surface area contributed by atoms with Gasteiger partial charge in [0.25, 0.3) is 0 Å². The number of aromatic nitrogens is 2. The Balaban J connectivity index is 0.598. The van der Waals surface area contributed by atoms with Crippen LogP contribution in [0.25, 0.3) is 133 Å². The van der Waals surface area contributed by atoms with Gasteiger partial charge in [0.2, 0.25) is 5.02 Å². The van der Waals surface area contributed by atoms with E-state index in [0.29, 0.717) is 5.56 Å². The topological polar surface area (TPSA) is 64.8 Å². The van der Waals surface area contributed by atoms with E-state index in [9.17, 15) is 5.26 Å². The number of anilines is 5. The average Bonchev–Trinajstić information content (AvgIpc) is 1.56. The average molecular weight is 1640 g/mol. The lowest BCUT2D eigenvalue weighted by Crippen LogP contribution is -2.34. The maximum absolute atomic E-state index is 9.61. The van der Waals surface area contributed by atoms with Gasteiger partial charge in [-0.2, -0.15) is 5.26 Å². The summed E-state index contributed by atoms with van der Waals surface area (Å²) in [6, 6.07) is 128. The molecule has 0 spiro atoms. The van der Waals surface area contributed by atoms with Crippen LogP contribution < -0.4 is 20.4 Å². The van der Waals surface area contributed by atoms with Gasteiger partial charge in [-0.3, -0.25) is 0 Å². The molecule has 16 aromatic carbocycles. The predicted octanol–water partition coefficient (Wildman–Crippen LogP) is 28.5. The normalized spacial score (nSPS) is 12.9. The number of benzene rings is 16. The summed E-state index contributed by atoms with van der Waals surface area (Å²) >= 11 is 8.81. The van der Waals surface area contributed by atoms with Gasteiger partial charge in [-0.15, -0.1) is 0 Å². The third-order valence-electron chi connectivity index (χ3n) is 24.3. The van der Waals surface area contributed by atoms with Gasteiger partial charge in [0.15, 0.2) is 11.6 Å². The summed E-state index contributed by atoms with van der Waals surface area (Å²) in [5, 5.41) is 17.0. The van der Waals surface area contributed by atoms with E-state index in [4.69, 9.17) is 27.0 Å². The Labute approximate surface area is 731 Å². The Morgan fingerprint density at radius 2 is 0.959 bits per heavy atom. The lowest BCUT2D eigenvalue weighted by Gasteiger charge is -2.32. The van der Waals surface area contributed by atoms with Gasteiger partial charge in [-0.05, 0) is 286 Å². The first kappa shape index (κ1) is 77.4. The Morgan fingerprint density at radius 3 is 1.60 bits per heavy atom. The Morgan fingerprint density at radius 1 is 0.439 bits per heavy atom. The number of allylic oxidation sites excluding steroid dienone is 4. The summed E-state index contributed by atoms with van der Waals surface area (Å²) in [4.78, 5) is 4.69. The van der Waals surface area contributed by atoms with Gasteiger partial charge in [0, 0.05) is 96.0 Å². The van der Waals surface area contributed by atoms with Crippen LogP contribution in [-0.2, 0) is 6.42 Å². The summed E-state index contributed by atoms with van der Waals surface area (Å²) in [6.45, 7) is 16.1. The third-order valence-corrected chi connectivity index (χ3v) is 25.5. The summed E-state index contributed by atoms with van der Waals surface area (Å²) < 4.78 is 15.3. The fourth-order valence-electron chi connectivity index (χ4n) is 19.0. The molecular formula is C113H85ClN7S2+. The smallest absolute Gasteiger partial charge is 0.226 e. The van der Waals surface area contributed by atoms with Crippen molar-refractivity contribution in [3.05, 3.63) is 441 Å². The summed E-state index contributed by atoms with van der Waals surface area (Å²) in [6.07, 6.45) is 9.63. The van der Waals surface area contributed by atoms with Crippen LogP contribution in [0.4, 0.5) is 28.4 Å². The minimum atomic E-state index is 0.624. The van der Waals surface area contributed by atoms with Crippen LogP contribution in [0.5, 0.6) is 0 Å². The number of aryl methyl sites for hydroxylation is 5. The van der Waals surface area contributed by atoms with E-state index in [1.54, 1.807) is 11.9 Å². The number of nitrogens with zero attached hydrogens (tertiary/aromatic N) is 7. The van der Waals surface area contributed by atoms with Gasteiger partial charge in [-0.1, -0.05) is 243 Å². The molecule has 590 valence electrons. The highest BCUT2D eigenvalue weighted by Crippen LogP contribution is 2.47. The highest BCUT2D eigenvalue weighted by Gasteiger charge is 2.30. The number of fused-ring (bicyclic) bond motifs is 7. The molecule has 2 aromatic heterocycles. The van der Waals surface area contributed by atoms with Crippen molar-refractivity contribution in [2.24, 2.45) is 8.80 Å². The molecule has 0 bridgehead atoms. The zero-order chi connectivity index (χ0) is 83.5. The molecule has 0 atom stereocenters. The number of hydrogen-bond donors (Lipinski definition) is 0. The lowest BCUT2D eigenvalue weighted by molar-refractivity contribution is -0.288. The molecule has 0 radical (unpaired) electrons. The van der Waals surface area contributed by atoms with Crippen molar-refractivity contribution in [1.29, 1.82) is 5.26 Å². The fourth-order valence-corrected chi connectivity index (χ4v) is 20.2. The van der Waals surface area contributed by atoms with E-state index in [2.05, 4.69) is 393 Å².